The molecule has 4 aromatic rings. The standard InChI is InChI=1S/C25H25N2O2P/c28-30(29,18-16-20-9-3-1-4-10-20)25(27-19-21-11-5-2-6-12-21)23-15-7-13-22-14-8-17-26-24(22)23/h1-15,17,25,27H,16,18-19H2,(H,28,29). The van der Waals surface area contributed by atoms with E-state index in [2.05, 4.69) is 10.3 Å². The van der Waals surface area contributed by atoms with Crippen LogP contribution in [0, 0.1) is 0 Å². The van der Waals surface area contributed by atoms with Gasteiger partial charge >= 0.3 is 0 Å². The molecule has 0 radical (unpaired) electrons. The molecule has 0 saturated heterocycles. The van der Waals surface area contributed by atoms with Crippen molar-refractivity contribution in [1.29, 1.82) is 0 Å². The summed E-state index contributed by atoms with van der Waals surface area (Å²) in [6.07, 6.45) is 2.48. The third-order valence-electron chi connectivity index (χ3n) is 5.27. The highest BCUT2D eigenvalue weighted by Crippen LogP contribution is 2.55. The van der Waals surface area contributed by atoms with Crippen molar-refractivity contribution in [2.24, 2.45) is 0 Å². The van der Waals surface area contributed by atoms with E-state index in [0.717, 1.165) is 27.6 Å². The molecule has 1 heterocycles. The lowest BCUT2D eigenvalue weighted by Crippen LogP contribution is -2.23. The number of fused-ring (bicyclic) bond motifs is 1. The predicted molar refractivity (Wildman–Crippen MR) is 123 cm³/mol. The maximum absolute atomic E-state index is 13.6. The average Bonchev–Trinajstić information content (AvgIpc) is 2.79. The van der Waals surface area contributed by atoms with Crippen LogP contribution in [0.25, 0.3) is 10.9 Å². The van der Waals surface area contributed by atoms with Gasteiger partial charge in [0.05, 0.1) is 5.52 Å². The molecule has 3 aromatic carbocycles. The highest BCUT2D eigenvalue weighted by Gasteiger charge is 2.33. The van der Waals surface area contributed by atoms with E-state index in [1.54, 1.807) is 6.20 Å². The molecule has 30 heavy (non-hydrogen) atoms. The Labute approximate surface area is 177 Å². The van der Waals surface area contributed by atoms with E-state index >= 15 is 0 Å². The van der Waals surface area contributed by atoms with Gasteiger partial charge in [-0.15, -0.1) is 0 Å². The van der Waals surface area contributed by atoms with E-state index in [0.29, 0.717) is 13.0 Å². The molecule has 0 saturated carbocycles. The fraction of sp³-hybridized carbons (Fsp3) is 0.160. The molecule has 152 valence electrons. The Kier molecular flexibility index (Phi) is 6.39. The fourth-order valence-corrected chi connectivity index (χ4v) is 5.55. The Balaban J connectivity index is 1.66. The molecule has 1 aromatic heterocycles. The zero-order valence-electron chi connectivity index (χ0n) is 16.7. The number of nitrogens with one attached hydrogen (secondary N) is 1. The molecule has 0 spiro atoms. The third kappa shape index (κ3) is 4.85. The van der Waals surface area contributed by atoms with Crippen LogP contribution in [-0.4, -0.2) is 16.0 Å². The van der Waals surface area contributed by atoms with Gasteiger partial charge in [0.1, 0.15) is 5.78 Å². The van der Waals surface area contributed by atoms with E-state index in [1.807, 2.05) is 91.0 Å². The molecule has 0 amide bonds. The minimum Gasteiger partial charge on any atom is -0.343 e. The van der Waals surface area contributed by atoms with Gasteiger partial charge in [0.15, 0.2) is 0 Å². The van der Waals surface area contributed by atoms with Crippen LogP contribution in [0.4, 0.5) is 0 Å². The highest BCUT2D eigenvalue weighted by molar-refractivity contribution is 7.58. The van der Waals surface area contributed by atoms with Crippen molar-refractivity contribution in [3.8, 4) is 0 Å². The molecule has 0 fully saturated rings. The number of rotatable bonds is 8. The molecule has 5 heteroatoms. The summed E-state index contributed by atoms with van der Waals surface area (Å²) in [7, 11) is -3.58. The number of para-hydroxylation sites is 1. The largest absolute Gasteiger partial charge is 0.343 e. The van der Waals surface area contributed by atoms with Gasteiger partial charge in [-0.3, -0.25) is 14.9 Å². The van der Waals surface area contributed by atoms with Crippen LogP contribution in [0.1, 0.15) is 22.5 Å². The Morgan fingerprint density at radius 3 is 2.23 bits per heavy atom. The van der Waals surface area contributed by atoms with Crippen molar-refractivity contribution in [2.75, 3.05) is 6.16 Å². The predicted octanol–water partition coefficient (Wildman–Crippen LogP) is 5.54. The first kappa shape index (κ1) is 20.5. The molecule has 2 unspecified atom stereocenters. The molecular formula is C25H25N2O2P. The van der Waals surface area contributed by atoms with Crippen molar-refractivity contribution in [3.63, 3.8) is 0 Å². The van der Waals surface area contributed by atoms with Crippen molar-refractivity contribution in [1.82, 2.24) is 10.3 Å². The Hall–Kier alpha value is -2.78. The molecule has 2 N–H and O–H groups in total. The first-order chi connectivity index (χ1) is 14.6. The summed E-state index contributed by atoms with van der Waals surface area (Å²) in [4.78, 5) is 15.7. The molecule has 0 aliphatic carbocycles. The molecule has 2 atom stereocenters. The van der Waals surface area contributed by atoms with E-state index < -0.39 is 13.2 Å². The van der Waals surface area contributed by atoms with Crippen molar-refractivity contribution in [3.05, 3.63) is 114 Å². The van der Waals surface area contributed by atoms with Crippen molar-refractivity contribution >= 4 is 18.3 Å². The molecule has 0 aliphatic rings. The van der Waals surface area contributed by atoms with E-state index in [9.17, 15) is 9.46 Å². The summed E-state index contributed by atoms with van der Waals surface area (Å²) in [6, 6.07) is 29.4. The van der Waals surface area contributed by atoms with Gasteiger partial charge in [0.25, 0.3) is 0 Å². The van der Waals surface area contributed by atoms with Crippen molar-refractivity contribution < 1.29 is 9.46 Å². The minimum absolute atomic E-state index is 0.201. The molecular weight excluding hydrogens is 391 g/mol. The number of hydrogen-bond acceptors (Lipinski definition) is 3. The van der Waals surface area contributed by atoms with E-state index in [1.165, 1.54) is 0 Å². The Morgan fingerprint density at radius 2 is 1.50 bits per heavy atom. The van der Waals surface area contributed by atoms with Crippen LogP contribution in [-0.2, 0) is 17.5 Å². The smallest absolute Gasteiger partial charge is 0.221 e. The summed E-state index contributed by atoms with van der Waals surface area (Å²) in [6.45, 7) is 0.505. The van der Waals surface area contributed by atoms with Crippen LogP contribution >= 0.6 is 7.37 Å². The van der Waals surface area contributed by atoms with Gasteiger partial charge in [-0.2, -0.15) is 0 Å². The van der Waals surface area contributed by atoms with E-state index in [4.69, 9.17) is 0 Å². The second kappa shape index (κ2) is 9.36. The lowest BCUT2D eigenvalue weighted by molar-refractivity contribution is 0.447. The normalized spacial score (nSPS) is 14.3. The topological polar surface area (TPSA) is 62.2 Å². The van der Waals surface area contributed by atoms with Crippen LogP contribution in [0.2, 0.25) is 0 Å². The Bertz CT molecular complexity index is 1140. The quantitative estimate of drug-likeness (QED) is 0.371. The van der Waals surface area contributed by atoms with Gasteiger partial charge in [0.2, 0.25) is 7.37 Å². The van der Waals surface area contributed by atoms with Crippen molar-refractivity contribution in [2.45, 2.75) is 18.7 Å². The summed E-state index contributed by atoms with van der Waals surface area (Å²) in [5.41, 5.74) is 3.66. The number of benzene rings is 3. The highest BCUT2D eigenvalue weighted by atomic mass is 31.2. The lowest BCUT2D eigenvalue weighted by Gasteiger charge is -2.26. The van der Waals surface area contributed by atoms with E-state index in [-0.39, 0.29) is 6.16 Å². The fourth-order valence-electron chi connectivity index (χ4n) is 3.69. The minimum atomic E-state index is -3.58. The number of aryl methyl sites for hydroxylation is 1. The summed E-state index contributed by atoms with van der Waals surface area (Å²) < 4.78 is 13.6. The number of nitrogens with zero attached hydrogens (tertiary/aromatic N) is 1. The first-order valence-corrected chi connectivity index (χ1v) is 12.0. The third-order valence-corrected chi connectivity index (χ3v) is 7.40. The zero-order chi connectivity index (χ0) is 20.8. The summed E-state index contributed by atoms with van der Waals surface area (Å²) >= 11 is 0. The maximum Gasteiger partial charge on any atom is 0.221 e. The monoisotopic (exact) mass is 416 g/mol. The second-order valence-corrected chi connectivity index (χ2v) is 9.88. The number of aromatic nitrogens is 1. The maximum atomic E-state index is 13.6. The van der Waals surface area contributed by atoms with Gasteiger partial charge < -0.3 is 4.89 Å². The number of pyridine rings is 1. The van der Waals surface area contributed by atoms with Gasteiger partial charge in [-0.05, 0) is 23.6 Å². The zero-order valence-corrected chi connectivity index (χ0v) is 17.6. The molecule has 0 aliphatic heterocycles. The SMILES string of the molecule is O=P(O)(CCc1ccccc1)C(NCc1ccccc1)c1cccc2cccnc12. The summed E-state index contributed by atoms with van der Waals surface area (Å²) in [5.74, 6) is -0.694. The lowest BCUT2D eigenvalue weighted by atomic mass is 10.1. The molecule has 4 rings (SSSR count). The van der Waals surface area contributed by atoms with Gasteiger partial charge in [-0.25, -0.2) is 0 Å². The second-order valence-electron chi connectivity index (χ2n) is 7.41. The van der Waals surface area contributed by atoms with Crippen LogP contribution in [0.15, 0.2) is 97.2 Å². The summed E-state index contributed by atoms with van der Waals surface area (Å²) in [5, 5.41) is 4.33. The van der Waals surface area contributed by atoms with Crippen LogP contribution in [0.5, 0.6) is 0 Å². The van der Waals surface area contributed by atoms with Crippen LogP contribution in [0.3, 0.4) is 0 Å². The molecule has 4 nitrogen and oxygen atoms in total. The Morgan fingerprint density at radius 1 is 0.833 bits per heavy atom. The molecule has 0 bridgehead atoms. The van der Waals surface area contributed by atoms with Gasteiger partial charge in [-0.1, -0.05) is 84.9 Å². The number of hydrogen-bond donors (Lipinski definition) is 2. The first-order valence-electron chi connectivity index (χ1n) is 10.1. The average molecular weight is 416 g/mol. The van der Waals surface area contributed by atoms with Crippen LogP contribution < -0.4 is 5.32 Å². The van der Waals surface area contributed by atoms with Gasteiger partial charge in [0, 0.05) is 29.9 Å².